The van der Waals surface area contributed by atoms with Crippen LogP contribution in [0, 0.1) is 0 Å². The van der Waals surface area contributed by atoms with Gasteiger partial charge < -0.3 is 10.1 Å². The van der Waals surface area contributed by atoms with Crippen molar-refractivity contribution in [3.05, 3.63) is 29.8 Å². The van der Waals surface area contributed by atoms with Crippen LogP contribution in [0.2, 0.25) is 0 Å². The molecule has 1 rings (SSSR count). The number of unbranched alkanes of at least 4 members (excludes halogenated alkanes) is 1. The van der Waals surface area contributed by atoms with Gasteiger partial charge in [0, 0.05) is 12.1 Å². The fourth-order valence-electron chi connectivity index (χ4n) is 2.43. The first-order valence-corrected chi connectivity index (χ1v) is 7.65. The molecule has 1 N–H and O–H groups in total. The number of ether oxygens (including phenoxy) is 1. The lowest BCUT2D eigenvalue weighted by molar-refractivity contribution is 0.387. The van der Waals surface area contributed by atoms with Crippen molar-refractivity contribution in [1.82, 2.24) is 5.32 Å². The number of benzene rings is 1. The van der Waals surface area contributed by atoms with Crippen LogP contribution < -0.4 is 10.1 Å². The maximum Gasteiger partial charge on any atom is 0.118 e. The van der Waals surface area contributed by atoms with E-state index in [4.69, 9.17) is 4.74 Å². The van der Waals surface area contributed by atoms with E-state index >= 15 is 0 Å². The molecule has 1 aromatic rings. The summed E-state index contributed by atoms with van der Waals surface area (Å²) in [4.78, 5) is 0. The molecule has 2 atom stereocenters. The second-order valence-electron chi connectivity index (χ2n) is 5.15. The predicted octanol–water partition coefficient (Wildman–Crippen LogP) is 4.70. The molecule has 2 unspecified atom stereocenters. The number of rotatable bonds is 9. The van der Waals surface area contributed by atoms with E-state index in [9.17, 15) is 0 Å². The Balaban J connectivity index is 2.64. The summed E-state index contributed by atoms with van der Waals surface area (Å²) in [5, 5.41) is 3.80. The maximum absolute atomic E-state index is 5.22. The van der Waals surface area contributed by atoms with Gasteiger partial charge >= 0.3 is 0 Å². The molecule has 19 heavy (non-hydrogen) atoms. The molecular weight excluding hydrogens is 234 g/mol. The molecule has 0 spiro atoms. The molecule has 0 saturated carbocycles. The van der Waals surface area contributed by atoms with Crippen molar-refractivity contribution in [2.45, 2.75) is 65.0 Å². The van der Waals surface area contributed by atoms with Crippen LogP contribution in [0.25, 0.3) is 0 Å². The van der Waals surface area contributed by atoms with Gasteiger partial charge in [0.2, 0.25) is 0 Å². The van der Waals surface area contributed by atoms with Gasteiger partial charge in [-0.1, -0.05) is 45.7 Å². The third-order valence-electron chi connectivity index (χ3n) is 3.76. The average Bonchev–Trinajstić information content (AvgIpc) is 2.48. The molecule has 0 heterocycles. The third-order valence-corrected chi connectivity index (χ3v) is 3.76. The van der Waals surface area contributed by atoms with E-state index in [0.717, 1.165) is 12.2 Å². The van der Waals surface area contributed by atoms with Crippen LogP contribution in [0.4, 0.5) is 0 Å². The standard InChI is InChI=1S/C17H29NO/c1-5-8-9-15(6-2)18-17(7-3)14-10-12-16(19-4)13-11-14/h10-13,15,17-18H,5-9H2,1-4H3. The smallest absolute Gasteiger partial charge is 0.118 e. The van der Waals surface area contributed by atoms with Gasteiger partial charge in [-0.25, -0.2) is 0 Å². The molecule has 0 aliphatic carbocycles. The highest BCUT2D eigenvalue weighted by Crippen LogP contribution is 2.21. The SMILES string of the molecule is CCCCC(CC)NC(CC)c1ccc(OC)cc1. The highest BCUT2D eigenvalue weighted by atomic mass is 16.5. The summed E-state index contributed by atoms with van der Waals surface area (Å²) in [6.45, 7) is 6.77. The zero-order chi connectivity index (χ0) is 14.1. The van der Waals surface area contributed by atoms with Crippen LogP contribution >= 0.6 is 0 Å². The molecule has 0 saturated heterocycles. The Morgan fingerprint density at radius 3 is 2.21 bits per heavy atom. The second-order valence-corrected chi connectivity index (χ2v) is 5.15. The van der Waals surface area contributed by atoms with E-state index in [0.29, 0.717) is 12.1 Å². The van der Waals surface area contributed by atoms with Crippen LogP contribution in [-0.2, 0) is 0 Å². The van der Waals surface area contributed by atoms with E-state index in [1.165, 1.54) is 31.2 Å². The molecule has 0 bridgehead atoms. The van der Waals surface area contributed by atoms with Gasteiger partial charge in [-0.3, -0.25) is 0 Å². The second kappa shape index (κ2) is 8.98. The molecule has 0 aromatic heterocycles. The predicted molar refractivity (Wildman–Crippen MR) is 82.8 cm³/mol. The lowest BCUT2D eigenvalue weighted by Gasteiger charge is -2.24. The highest BCUT2D eigenvalue weighted by molar-refractivity contribution is 5.29. The van der Waals surface area contributed by atoms with Crippen molar-refractivity contribution in [2.75, 3.05) is 7.11 Å². The minimum absolute atomic E-state index is 0.452. The molecule has 0 fully saturated rings. The van der Waals surface area contributed by atoms with Crippen LogP contribution in [0.3, 0.4) is 0 Å². The number of hydrogen-bond donors (Lipinski definition) is 1. The van der Waals surface area contributed by atoms with Gasteiger partial charge in [-0.15, -0.1) is 0 Å². The zero-order valence-corrected chi connectivity index (χ0v) is 12.9. The summed E-state index contributed by atoms with van der Waals surface area (Å²) in [5.41, 5.74) is 1.36. The monoisotopic (exact) mass is 263 g/mol. The molecule has 1 aromatic carbocycles. The van der Waals surface area contributed by atoms with Gasteiger partial charge in [0.1, 0.15) is 5.75 Å². The van der Waals surface area contributed by atoms with E-state index in [-0.39, 0.29) is 0 Å². The fraction of sp³-hybridized carbons (Fsp3) is 0.647. The zero-order valence-electron chi connectivity index (χ0n) is 12.9. The van der Waals surface area contributed by atoms with Gasteiger partial charge in [-0.05, 0) is 37.0 Å². The first-order valence-electron chi connectivity index (χ1n) is 7.65. The fourth-order valence-corrected chi connectivity index (χ4v) is 2.43. The van der Waals surface area contributed by atoms with Gasteiger partial charge in [0.15, 0.2) is 0 Å². The van der Waals surface area contributed by atoms with Crippen molar-refractivity contribution in [3.8, 4) is 5.75 Å². The Bertz CT molecular complexity index is 334. The first-order chi connectivity index (χ1) is 9.24. The van der Waals surface area contributed by atoms with Crippen molar-refractivity contribution in [3.63, 3.8) is 0 Å². The van der Waals surface area contributed by atoms with Gasteiger partial charge in [-0.2, -0.15) is 0 Å². The normalized spacial score (nSPS) is 14.1. The molecule has 2 nitrogen and oxygen atoms in total. The quantitative estimate of drug-likeness (QED) is 0.697. The summed E-state index contributed by atoms with van der Waals surface area (Å²) < 4.78 is 5.22. The van der Waals surface area contributed by atoms with Gasteiger partial charge in [0.25, 0.3) is 0 Å². The molecular formula is C17H29NO. The largest absolute Gasteiger partial charge is 0.497 e. The van der Waals surface area contributed by atoms with Crippen LogP contribution in [0.5, 0.6) is 5.75 Å². The Hall–Kier alpha value is -1.02. The lowest BCUT2D eigenvalue weighted by Crippen LogP contribution is -2.32. The lowest BCUT2D eigenvalue weighted by atomic mass is 10.0. The van der Waals surface area contributed by atoms with Crippen molar-refractivity contribution < 1.29 is 4.74 Å². The number of hydrogen-bond acceptors (Lipinski definition) is 2. The Morgan fingerprint density at radius 2 is 1.74 bits per heavy atom. The number of methoxy groups -OCH3 is 1. The van der Waals surface area contributed by atoms with E-state index in [1.807, 2.05) is 12.1 Å². The maximum atomic E-state index is 5.22. The van der Waals surface area contributed by atoms with Crippen LogP contribution in [-0.4, -0.2) is 13.2 Å². The minimum atomic E-state index is 0.452. The first kappa shape index (κ1) is 16.0. The van der Waals surface area contributed by atoms with Crippen LogP contribution in [0.15, 0.2) is 24.3 Å². The molecule has 2 heteroatoms. The van der Waals surface area contributed by atoms with E-state index in [1.54, 1.807) is 7.11 Å². The van der Waals surface area contributed by atoms with Crippen LogP contribution in [0.1, 0.15) is 64.5 Å². The Morgan fingerprint density at radius 1 is 1.05 bits per heavy atom. The molecule has 108 valence electrons. The summed E-state index contributed by atoms with van der Waals surface area (Å²) in [5.74, 6) is 0.927. The van der Waals surface area contributed by atoms with Gasteiger partial charge in [0.05, 0.1) is 7.11 Å². The topological polar surface area (TPSA) is 21.3 Å². The third kappa shape index (κ3) is 5.23. The summed E-state index contributed by atoms with van der Waals surface area (Å²) in [6.07, 6.45) is 6.18. The Labute approximate surface area is 118 Å². The highest BCUT2D eigenvalue weighted by Gasteiger charge is 2.14. The summed E-state index contributed by atoms with van der Waals surface area (Å²) in [6, 6.07) is 9.53. The molecule has 0 aliphatic heterocycles. The average molecular weight is 263 g/mol. The van der Waals surface area contributed by atoms with Crippen molar-refractivity contribution in [2.24, 2.45) is 0 Å². The summed E-state index contributed by atoms with van der Waals surface area (Å²) in [7, 11) is 1.71. The molecule has 0 amide bonds. The summed E-state index contributed by atoms with van der Waals surface area (Å²) >= 11 is 0. The van der Waals surface area contributed by atoms with E-state index < -0.39 is 0 Å². The van der Waals surface area contributed by atoms with Crippen molar-refractivity contribution >= 4 is 0 Å². The minimum Gasteiger partial charge on any atom is -0.497 e. The molecule has 0 aliphatic rings. The Kier molecular flexibility index (Phi) is 7.57. The van der Waals surface area contributed by atoms with E-state index in [2.05, 4.69) is 38.2 Å². The van der Waals surface area contributed by atoms with Crippen molar-refractivity contribution in [1.29, 1.82) is 0 Å². The molecule has 0 radical (unpaired) electrons. The number of nitrogens with one attached hydrogen (secondary N) is 1.